The van der Waals surface area contributed by atoms with Crippen molar-refractivity contribution >= 4 is 28.9 Å². The first-order chi connectivity index (χ1) is 17.2. The molecule has 188 valence electrons. The summed E-state index contributed by atoms with van der Waals surface area (Å²) in [6.45, 7) is 3.37. The van der Waals surface area contributed by atoms with Crippen LogP contribution in [0.4, 0.5) is 0 Å². The average molecular weight is 496 g/mol. The van der Waals surface area contributed by atoms with E-state index in [0.29, 0.717) is 10.9 Å². The number of carbonyl (C=O) groups is 3. The van der Waals surface area contributed by atoms with Gasteiger partial charge in [0.15, 0.2) is 12.2 Å². The molecule has 0 unspecified atom stereocenters. The molecule has 1 aliphatic rings. The molecule has 0 aliphatic carbocycles. The zero-order valence-corrected chi connectivity index (χ0v) is 19.8. The Morgan fingerprint density at radius 3 is 2.17 bits per heavy atom. The summed E-state index contributed by atoms with van der Waals surface area (Å²) in [5.41, 5.74) is 1.27. The van der Waals surface area contributed by atoms with E-state index in [1.54, 1.807) is 12.1 Å². The van der Waals surface area contributed by atoms with Crippen molar-refractivity contribution < 1.29 is 42.5 Å². The predicted octanol–water partition coefficient (Wildman–Crippen LogP) is 2.99. The average Bonchev–Trinajstić information content (AvgIpc) is 2.81. The van der Waals surface area contributed by atoms with Crippen LogP contribution in [0.15, 0.2) is 63.8 Å². The Balaban J connectivity index is 1.66. The van der Waals surface area contributed by atoms with Gasteiger partial charge in [-0.3, -0.25) is 14.4 Å². The molecule has 0 radical (unpaired) electrons. The van der Waals surface area contributed by atoms with Gasteiger partial charge in [0.1, 0.15) is 11.3 Å². The summed E-state index contributed by atoms with van der Waals surface area (Å²) >= 11 is 0. The van der Waals surface area contributed by atoms with E-state index in [2.05, 4.69) is 0 Å². The van der Waals surface area contributed by atoms with Crippen molar-refractivity contribution in [3.8, 4) is 16.9 Å². The van der Waals surface area contributed by atoms with Gasteiger partial charge in [0.25, 0.3) is 0 Å². The lowest BCUT2D eigenvalue weighted by Crippen LogP contribution is -2.59. The third kappa shape index (κ3) is 5.72. The van der Waals surface area contributed by atoms with Gasteiger partial charge in [0, 0.05) is 38.3 Å². The van der Waals surface area contributed by atoms with E-state index < -0.39 is 48.1 Å². The molecule has 36 heavy (non-hydrogen) atoms. The molecule has 0 bridgehead atoms. The maximum atomic E-state index is 12.2. The minimum atomic E-state index is -1.25. The summed E-state index contributed by atoms with van der Waals surface area (Å²) in [4.78, 5) is 47.3. The molecule has 0 N–H and O–H groups in total. The summed E-state index contributed by atoms with van der Waals surface area (Å²) in [5.74, 6) is -1.74. The van der Waals surface area contributed by atoms with Crippen molar-refractivity contribution in [2.75, 3.05) is 6.61 Å². The van der Waals surface area contributed by atoms with Crippen LogP contribution in [-0.4, -0.2) is 49.1 Å². The van der Waals surface area contributed by atoms with Crippen LogP contribution in [0, 0.1) is 0 Å². The molecule has 0 amide bonds. The highest BCUT2D eigenvalue weighted by Gasteiger charge is 2.48. The molecule has 1 fully saturated rings. The zero-order valence-electron chi connectivity index (χ0n) is 19.8. The fourth-order valence-electron chi connectivity index (χ4n) is 4.02. The highest BCUT2D eigenvalue weighted by atomic mass is 16.7. The number of rotatable bonds is 6. The lowest BCUT2D eigenvalue weighted by Gasteiger charge is -2.40. The number of hydrogen-bond donors (Lipinski definition) is 0. The normalized spacial score (nSPS) is 21.4. The molecule has 2 heterocycles. The highest BCUT2D eigenvalue weighted by Crippen LogP contribution is 2.32. The lowest BCUT2D eigenvalue weighted by molar-refractivity contribution is -0.259. The number of fused-ring (bicyclic) bond motifs is 1. The molecule has 1 aliphatic heterocycles. The van der Waals surface area contributed by atoms with Crippen LogP contribution in [0.2, 0.25) is 0 Å². The van der Waals surface area contributed by atoms with Crippen molar-refractivity contribution in [2.45, 2.75) is 45.4 Å². The molecule has 3 aromatic rings. The molecule has 4 atom stereocenters. The van der Waals surface area contributed by atoms with Crippen LogP contribution in [0.5, 0.6) is 5.75 Å². The van der Waals surface area contributed by atoms with Crippen molar-refractivity contribution in [1.82, 2.24) is 0 Å². The van der Waals surface area contributed by atoms with Gasteiger partial charge in [0.05, 0.1) is 6.61 Å². The quantitative estimate of drug-likeness (QED) is 0.285. The van der Waals surface area contributed by atoms with E-state index in [0.717, 1.165) is 5.56 Å². The van der Waals surface area contributed by atoms with Crippen molar-refractivity contribution in [3.63, 3.8) is 0 Å². The van der Waals surface area contributed by atoms with Crippen LogP contribution in [0.1, 0.15) is 20.8 Å². The Morgan fingerprint density at radius 1 is 0.833 bits per heavy atom. The van der Waals surface area contributed by atoms with Gasteiger partial charge in [-0.25, -0.2) is 4.79 Å². The molecule has 2 aromatic carbocycles. The second-order valence-electron chi connectivity index (χ2n) is 8.12. The van der Waals surface area contributed by atoms with E-state index >= 15 is 0 Å². The Kier molecular flexibility index (Phi) is 7.35. The Hall–Kier alpha value is -4.18. The van der Waals surface area contributed by atoms with E-state index in [1.165, 1.54) is 32.9 Å². The second-order valence-corrected chi connectivity index (χ2v) is 8.12. The summed E-state index contributed by atoms with van der Waals surface area (Å²) in [6.07, 6.45) is -4.65. The first-order valence-corrected chi connectivity index (χ1v) is 11.1. The van der Waals surface area contributed by atoms with Gasteiger partial charge < -0.3 is 28.1 Å². The fourth-order valence-corrected chi connectivity index (χ4v) is 4.02. The maximum absolute atomic E-state index is 12.2. The smallest absolute Gasteiger partial charge is 0.336 e. The molecule has 4 rings (SSSR count). The SMILES string of the molecule is CC(=O)O[C@@H]1[C@@H](OC(C)=O)[C@H](Oc2ccc3c(-c4ccccc4)cc(=O)oc3c2)OC[C@H]1OC(C)=O. The topological polar surface area (TPSA) is 128 Å². The number of ether oxygens (including phenoxy) is 5. The first-order valence-electron chi connectivity index (χ1n) is 11.1. The summed E-state index contributed by atoms with van der Waals surface area (Å²) in [6, 6.07) is 15.7. The van der Waals surface area contributed by atoms with Gasteiger partial charge in [-0.15, -0.1) is 0 Å². The van der Waals surface area contributed by atoms with E-state index in [1.807, 2.05) is 30.3 Å². The fraction of sp³-hybridized carbons (Fsp3) is 0.308. The largest absolute Gasteiger partial charge is 0.461 e. The van der Waals surface area contributed by atoms with Crippen LogP contribution < -0.4 is 10.4 Å². The molecular formula is C26H24O10. The van der Waals surface area contributed by atoms with Crippen molar-refractivity contribution in [1.29, 1.82) is 0 Å². The van der Waals surface area contributed by atoms with Crippen molar-refractivity contribution in [2.24, 2.45) is 0 Å². The predicted molar refractivity (Wildman–Crippen MR) is 125 cm³/mol. The highest BCUT2D eigenvalue weighted by molar-refractivity contribution is 5.93. The van der Waals surface area contributed by atoms with Crippen LogP contribution >= 0.6 is 0 Å². The zero-order chi connectivity index (χ0) is 25.8. The lowest BCUT2D eigenvalue weighted by atomic mass is 10.0. The Bertz CT molecular complexity index is 1330. The maximum Gasteiger partial charge on any atom is 0.336 e. The Morgan fingerprint density at radius 2 is 1.50 bits per heavy atom. The number of benzene rings is 2. The van der Waals surface area contributed by atoms with Gasteiger partial charge >= 0.3 is 23.5 Å². The summed E-state index contributed by atoms with van der Waals surface area (Å²) in [7, 11) is 0. The third-order valence-electron chi connectivity index (χ3n) is 5.36. The molecular weight excluding hydrogens is 472 g/mol. The number of esters is 3. The van der Waals surface area contributed by atoms with Gasteiger partial charge in [-0.05, 0) is 23.3 Å². The monoisotopic (exact) mass is 496 g/mol. The second kappa shape index (κ2) is 10.6. The standard InChI is InChI=1S/C26H24O10/c1-14(27)32-22-13-31-26(25(34-16(3)29)24(22)33-15(2)28)35-18-9-10-19-20(17-7-5-4-6-8-17)12-23(30)36-21(19)11-18/h4-12,22,24-26H,13H2,1-3H3/t22-,24+,25-,26+/m1/s1. The summed E-state index contributed by atoms with van der Waals surface area (Å²) in [5, 5.41) is 0.682. The third-order valence-corrected chi connectivity index (χ3v) is 5.36. The van der Waals surface area contributed by atoms with E-state index in [-0.39, 0.29) is 17.9 Å². The number of hydrogen-bond acceptors (Lipinski definition) is 10. The van der Waals surface area contributed by atoms with E-state index in [4.69, 9.17) is 28.1 Å². The number of carbonyl (C=O) groups excluding carboxylic acids is 3. The van der Waals surface area contributed by atoms with E-state index in [9.17, 15) is 19.2 Å². The summed E-state index contributed by atoms with van der Waals surface area (Å²) < 4.78 is 32.9. The minimum absolute atomic E-state index is 0.180. The molecule has 1 aromatic heterocycles. The van der Waals surface area contributed by atoms with Gasteiger partial charge in [0.2, 0.25) is 12.4 Å². The minimum Gasteiger partial charge on any atom is -0.461 e. The van der Waals surface area contributed by atoms with Gasteiger partial charge in [-0.1, -0.05) is 30.3 Å². The van der Waals surface area contributed by atoms with Crippen LogP contribution in [0.25, 0.3) is 22.1 Å². The van der Waals surface area contributed by atoms with Crippen LogP contribution in [-0.2, 0) is 33.3 Å². The Labute approximate surface area is 205 Å². The van der Waals surface area contributed by atoms with Crippen molar-refractivity contribution in [3.05, 3.63) is 65.0 Å². The molecule has 1 saturated heterocycles. The molecule has 0 spiro atoms. The molecule has 0 saturated carbocycles. The molecule has 10 nitrogen and oxygen atoms in total. The molecule has 10 heteroatoms. The first kappa shape index (κ1) is 24.9. The van der Waals surface area contributed by atoms with Crippen LogP contribution in [0.3, 0.4) is 0 Å². The van der Waals surface area contributed by atoms with Gasteiger partial charge in [-0.2, -0.15) is 0 Å².